The van der Waals surface area contributed by atoms with E-state index in [1.54, 1.807) is 17.0 Å². The second-order valence-corrected chi connectivity index (χ2v) is 11.9. The van der Waals surface area contributed by atoms with Gasteiger partial charge in [-0.15, -0.1) is 0 Å². The topological polar surface area (TPSA) is 92.8 Å². The van der Waals surface area contributed by atoms with E-state index in [2.05, 4.69) is 0 Å². The highest BCUT2D eigenvalue weighted by molar-refractivity contribution is 6.33. The lowest BCUT2D eigenvalue weighted by Crippen LogP contribution is -2.48. The zero-order valence-corrected chi connectivity index (χ0v) is 23.3. The Morgan fingerprint density at radius 1 is 0.732 bits per heavy atom. The average molecular weight is 603 g/mol. The van der Waals surface area contributed by atoms with Crippen molar-refractivity contribution >= 4 is 46.0 Å². The lowest BCUT2D eigenvalue weighted by molar-refractivity contribution is -0.384. The Labute approximate surface area is 244 Å². The lowest BCUT2D eigenvalue weighted by Gasteiger charge is -2.47. The number of nitro benzene ring substituents is 2. The van der Waals surface area contributed by atoms with Crippen LogP contribution in [0.15, 0.2) is 48.5 Å². The van der Waals surface area contributed by atoms with E-state index in [1.807, 2.05) is 4.90 Å². The molecule has 0 radical (unpaired) electrons. The van der Waals surface area contributed by atoms with E-state index in [-0.39, 0.29) is 38.8 Å². The standard InChI is InChI=1S/C29H26Cl2F2N4O4/c30-21-7-3-17(11-27(21)36(38)39)25-9-10-26(18-4-8-22(31)28(12-18)37(40)41)35(25)20-13-23(32)29(24(33)14-20)34-15-16-1-5-19(34)6-2-16/h3-4,7-8,11-14,16,19,25-26H,1-2,5-6,9-10,15H2/t16?,19?,25-,26-/m1/s1. The van der Waals surface area contributed by atoms with Gasteiger partial charge < -0.3 is 9.80 Å². The highest BCUT2D eigenvalue weighted by Gasteiger charge is 2.40. The third-order valence-corrected chi connectivity index (χ3v) is 9.43. The highest BCUT2D eigenvalue weighted by atomic mass is 35.5. The van der Waals surface area contributed by atoms with Crippen LogP contribution in [0, 0.1) is 37.8 Å². The number of rotatable bonds is 6. The number of anilines is 2. The highest BCUT2D eigenvalue weighted by Crippen LogP contribution is 2.50. The first kappa shape index (κ1) is 27.7. The molecule has 4 aliphatic rings. The molecule has 12 heteroatoms. The molecule has 2 bridgehead atoms. The van der Waals surface area contributed by atoms with Crippen LogP contribution in [0.25, 0.3) is 0 Å². The Hall–Kier alpha value is -3.50. The third kappa shape index (κ3) is 4.97. The van der Waals surface area contributed by atoms with Crippen LogP contribution in [0.1, 0.15) is 61.7 Å². The second kappa shape index (κ2) is 10.7. The maximum atomic E-state index is 15.9. The first-order chi connectivity index (χ1) is 19.6. The molecule has 214 valence electrons. The SMILES string of the molecule is O=[N+]([O-])c1cc([C@H]2CC[C@H](c3ccc(Cl)c([N+](=O)[O-])c3)N2c2cc(F)c(N3CC4CCC3CC4)c(F)c2)ccc1Cl. The summed E-state index contributed by atoms with van der Waals surface area (Å²) in [6, 6.07) is 10.6. The molecular formula is C29H26Cl2F2N4O4. The molecule has 3 aromatic carbocycles. The number of piperidine rings is 2. The molecule has 3 saturated heterocycles. The maximum Gasteiger partial charge on any atom is 0.288 e. The smallest absolute Gasteiger partial charge is 0.288 e. The van der Waals surface area contributed by atoms with Crippen LogP contribution in [0.5, 0.6) is 0 Å². The van der Waals surface area contributed by atoms with Gasteiger partial charge in [0, 0.05) is 30.4 Å². The van der Waals surface area contributed by atoms with Gasteiger partial charge >= 0.3 is 0 Å². The molecule has 7 rings (SSSR count). The normalized spacial score (nSPS) is 23.7. The Kier molecular flexibility index (Phi) is 7.23. The Balaban J connectivity index is 1.45. The molecule has 41 heavy (non-hydrogen) atoms. The fourth-order valence-electron chi connectivity index (χ4n) is 6.90. The van der Waals surface area contributed by atoms with Gasteiger partial charge in [0.15, 0.2) is 11.6 Å². The molecule has 3 aromatic rings. The van der Waals surface area contributed by atoms with Crippen LogP contribution in [0.4, 0.5) is 31.5 Å². The number of fused-ring (bicyclic) bond motifs is 3. The first-order valence-electron chi connectivity index (χ1n) is 13.5. The van der Waals surface area contributed by atoms with Crippen LogP contribution in [0.3, 0.4) is 0 Å². The largest absolute Gasteiger partial charge is 0.364 e. The number of nitro groups is 2. The molecule has 0 amide bonds. The first-order valence-corrected chi connectivity index (χ1v) is 14.3. The van der Waals surface area contributed by atoms with Crippen molar-refractivity contribution in [2.24, 2.45) is 5.92 Å². The summed E-state index contributed by atoms with van der Waals surface area (Å²) in [5.41, 5.74) is 0.758. The Morgan fingerprint density at radius 3 is 1.63 bits per heavy atom. The number of benzene rings is 3. The van der Waals surface area contributed by atoms with Crippen LogP contribution in [0.2, 0.25) is 10.0 Å². The number of halogens is 4. The monoisotopic (exact) mass is 602 g/mol. The minimum absolute atomic E-state index is 0.0227. The van der Waals surface area contributed by atoms with Crippen molar-refractivity contribution in [3.63, 3.8) is 0 Å². The van der Waals surface area contributed by atoms with Crippen LogP contribution < -0.4 is 9.80 Å². The van der Waals surface area contributed by atoms with E-state index in [0.29, 0.717) is 36.4 Å². The second-order valence-electron chi connectivity index (χ2n) is 11.0. The van der Waals surface area contributed by atoms with Crippen molar-refractivity contribution in [2.75, 3.05) is 16.3 Å². The number of hydrogen-bond donors (Lipinski definition) is 0. The van der Waals surface area contributed by atoms with Crippen molar-refractivity contribution in [2.45, 2.75) is 56.7 Å². The van der Waals surface area contributed by atoms with Gasteiger partial charge in [0.2, 0.25) is 0 Å². The summed E-state index contributed by atoms with van der Waals surface area (Å²) in [4.78, 5) is 25.7. The van der Waals surface area contributed by atoms with Gasteiger partial charge in [-0.2, -0.15) is 0 Å². The van der Waals surface area contributed by atoms with E-state index in [1.165, 1.54) is 36.4 Å². The van der Waals surface area contributed by atoms with Gasteiger partial charge in [0.25, 0.3) is 11.4 Å². The average Bonchev–Trinajstić information content (AvgIpc) is 3.39. The minimum Gasteiger partial charge on any atom is -0.364 e. The molecule has 3 aliphatic heterocycles. The molecule has 4 fully saturated rings. The van der Waals surface area contributed by atoms with Gasteiger partial charge in [-0.3, -0.25) is 20.2 Å². The predicted octanol–water partition coefficient (Wildman–Crippen LogP) is 8.55. The van der Waals surface area contributed by atoms with Gasteiger partial charge in [0.1, 0.15) is 15.7 Å². The van der Waals surface area contributed by atoms with Crippen molar-refractivity contribution in [1.82, 2.24) is 0 Å². The van der Waals surface area contributed by atoms with Crippen LogP contribution >= 0.6 is 23.2 Å². The maximum absolute atomic E-state index is 15.9. The fraction of sp³-hybridized carbons (Fsp3) is 0.379. The molecule has 2 atom stereocenters. The molecule has 1 aliphatic carbocycles. The van der Waals surface area contributed by atoms with Gasteiger partial charge in [-0.25, -0.2) is 8.78 Å². The van der Waals surface area contributed by atoms with E-state index in [0.717, 1.165) is 25.7 Å². The molecule has 1 saturated carbocycles. The van der Waals surface area contributed by atoms with Crippen molar-refractivity contribution < 1.29 is 18.6 Å². The molecule has 0 aromatic heterocycles. The van der Waals surface area contributed by atoms with Gasteiger partial charge in [-0.05, 0) is 79.8 Å². The summed E-state index contributed by atoms with van der Waals surface area (Å²) in [5, 5.41) is 23.2. The summed E-state index contributed by atoms with van der Waals surface area (Å²) in [6.07, 6.45) is 4.90. The minimum atomic E-state index is -0.680. The molecular weight excluding hydrogens is 577 g/mol. The molecule has 3 heterocycles. The van der Waals surface area contributed by atoms with Gasteiger partial charge in [0.05, 0.1) is 21.9 Å². The summed E-state index contributed by atoms with van der Waals surface area (Å²) >= 11 is 12.1. The molecule has 0 spiro atoms. The van der Waals surface area contributed by atoms with Crippen LogP contribution in [-0.4, -0.2) is 22.4 Å². The molecule has 0 N–H and O–H groups in total. The Bertz CT molecular complexity index is 1450. The molecule has 8 nitrogen and oxygen atoms in total. The quantitative estimate of drug-likeness (QED) is 0.207. The summed E-state index contributed by atoms with van der Waals surface area (Å²) in [5.74, 6) is -0.936. The third-order valence-electron chi connectivity index (χ3n) is 8.79. The van der Waals surface area contributed by atoms with Crippen molar-refractivity contribution in [3.05, 3.63) is 102 Å². The zero-order chi connectivity index (χ0) is 29.0. The summed E-state index contributed by atoms with van der Waals surface area (Å²) < 4.78 is 31.7. The summed E-state index contributed by atoms with van der Waals surface area (Å²) in [7, 11) is 0. The van der Waals surface area contributed by atoms with Crippen molar-refractivity contribution in [1.29, 1.82) is 0 Å². The van der Waals surface area contributed by atoms with Crippen LogP contribution in [-0.2, 0) is 0 Å². The van der Waals surface area contributed by atoms with Gasteiger partial charge in [-0.1, -0.05) is 35.3 Å². The molecule has 0 unspecified atom stereocenters. The van der Waals surface area contributed by atoms with E-state index in [9.17, 15) is 20.2 Å². The summed E-state index contributed by atoms with van der Waals surface area (Å²) in [6.45, 7) is 0.621. The van der Waals surface area contributed by atoms with E-state index in [4.69, 9.17) is 23.2 Å². The lowest BCUT2D eigenvalue weighted by atomic mass is 9.79. The fourth-order valence-corrected chi connectivity index (χ4v) is 7.27. The van der Waals surface area contributed by atoms with Crippen molar-refractivity contribution in [3.8, 4) is 0 Å². The number of nitrogens with zero attached hydrogens (tertiary/aromatic N) is 4. The van der Waals surface area contributed by atoms with E-state index < -0.39 is 33.6 Å². The van der Waals surface area contributed by atoms with E-state index >= 15 is 8.78 Å². The number of hydrogen-bond acceptors (Lipinski definition) is 6. The Morgan fingerprint density at radius 2 is 1.22 bits per heavy atom. The predicted molar refractivity (Wildman–Crippen MR) is 153 cm³/mol. The zero-order valence-electron chi connectivity index (χ0n) is 21.8.